The number of ether oxygens (including phenoxy) is 1. The monoisotopic (exact) mass is 284 g/mol. The van der Waals surface area contributed by atoms with Crippen LogP contribution in [0.1, 0.15) is 43.0 Å². The van der Waals surface area contributed by atoms with Crippen molar-refractivity contribution in [2.75, 3.05) is 13.2 Å². The zero-order valence-electron chi connectivity index (χ0n) is 13.1. The molecule has 1 N–H and O–H groups in total. The van der Waals surface area contributed by atoms with E-state index in [1.165, 1.54) is 16.7 Å². The molecule has 0 aliphatic carbocycles. The summed E-state index contributed by atoms with van der Waals surface area (Å²) in [6, 6.07) is 10.6. The molecule has 0 saturated carbocycles. The van der Waals surface area contributed by atoms with Gasteiger partial charge in [0.05, 0.1) is 12.6 Å². The van der Waals surface area contributed by atoms with Crippen LogP contribution in [0.5, 0.6) is 5.75 Å². The van der Waals surface area contributed by atoms with Crippen LogP contribution < -0.4 is 10.1 Å². The van der Waals surface area contributed by atoms with Crippen LogP contribution in [0.3, 0.4) is 0 Å². The smallest absolute Gasteiger partial charge is 0.119 e. The molecule has 0 aliphatic rings. The summed E-state index contributed by atoms with van der Waals surface area (Å²) in [7, 11) is 0. The third-order valence-electron chi connectivity index (χ3n) is 3.48. The molecule has 0 fully saturated rings. The third-order valence-corrected chi connectivity index (χ3v) is 3.48. The standard InChI is InChI=1S/C18H24N2O/c1-4-10-20-18(17-9-11-19-13-14(17)3)15-7-6-8-16(12-15)21-5-2/h6-9,11-13,18,20H,4-5,10H2,1-3H3. The van der Waals surface area contributed by atoms with E-state index in [1.807, 2.05) is 25.4 Å². The molecule has 1 atom stereocenters. The molecule has 3 nitrogen and oxygen atoms in total. The minimum absolute atomic E-state index is 0.174. The highest BCUT2D eigenvalue weighted by Crippen LogP contribution is 2.27. The Morgan fingerprint density at radius 3 is 2.81 bits per heavy atom. The number of rotatable bonds is 7. The van der Waals surface area contributed by atoms with Crippen molar-refractivity contribution >= 4 is 0 Å². The lowest BCUT2D eigenvalue weighted by Gasteiger charge is -2.21. The van der Waals surface area contributed by atoms with Crippen LogP contribution in [-0.4, -0.2) is 18.1 Å². The normalized spacial score (nSPS) is 12.1. The lowest BCUT2D eigenvalue weighted by molar-refractivity contribution is 0.339. The maximum Gasteiger partial charge on any atom is 0.119 e. The summed E-state index contributed by atoms with van der Waals surface area (Å²) in [4.78, 5) is 4.20. The number of aryl methyl sites for hydroxylation is 1. The predicted octanol–water partition coefficient (Wildman–Crippen LogP) is 3.88. The SMILES string of the molecule is CCCNC(c1cccc(OCC)c1)c1ccncc1C. The molecule has 0 aliphatic heterocycles. The molecule has 112 valence electrons. The van der Waals surface area contributed by atoms with E-state index < -0.39 is 0 Å². The molecule has 1 aromatic carbocycles. The van der Waals surface area contributed by atoms with Gasteiger partial charge in [-0.05, 0) is 61.7 Å². The molecule has 3 heteroatoms. The second-order valence-electron chi connectivity index (χ2n) is 5.12. The van der Waals surface area contributed by atoms with Crippen molar-refractivity contribution in [2.24, 2.45) is 0 Å². The van der Waals surface area contributed by atoms with Gasteiger partial charge in [0, 0.05) is 12.4 Å². The fourth-order valence-corrected chi connectivity index (χ4v) is 2.45. The molecule has 0 spiro atoms. The quantitative estimate of drug-likeness (QED) is 0.838. The summed E-state index contributed by atoms with van der Waals surface area (Å²) in [5, 5.41) is 3.63. The van der Waals surface area contributed by atoms with Crippen LogP contribution in [0, 0.1) is 6.92 Å². The van der Waals surface area contributed by atoms with Gasteiger partial charge in [-0.1, -0.05) is 19.1 Å². The van der Waals surface area contributed by atoms with Crippen molar-refractivity contribution in [3.05, 3.63) is 59.4 Å². The van der Waals surface area contributed by atoms with E-state index in [0.717, 1.165) is 18.7 Å². The highest BCUT2D eigenvalue weighted by molar-refractivity contribution is 5.38. The highest BCUT2D eigenvalue weighted by Gasteiger charge is 2.16. The van der Waals surface area contributed by atoms with Gasteiger partial charge in [0.1, 0.15) is 5.75 Å². The first-order valence-electron chi connectivity index (χ1n) is 7.63. The van der Waals surface area contributed by atoms with E-state index in [1.54, 1.807) is 0 Å². The summed E-state index contributed by atoms with van der Waals surface area (Å²) < 4.78 is 5.63. The molecular formula is C18H24N2O. The van der Waals surface area contributed by atoms with Crippen LogP contribution in [0.2, 0.25) is 0 Å². The van der Waals surface area contributed by atoms with Gasteiger partial charge in [0.25, 0.3) is 0 Å². The first-order valence-corrected chi connectivity index (χ1v) is 7.63. The zero-order valence-corrected chi connectivity index (χ0v) is 13.1. The fraction of sp³-hybridized carbons (Fsp3) is 0.389. The number of nitrogens with zero attached hydrogens (tertiary/aromatic N) is 1. The summed E-state index contributed by atoms with van der Waals surface area (Å²) in [5.41, 5.74) is 3.70. The highest BCUT2D eigenvalue weighted by atomic mass is 16.5. The Morgan fingerprint density at radius 2 is 2.10 bits per heavy atom. The Bertz CT molecular complexity index is 569. The summed E-state index contributed by atoms with van der Waals surface area (Å²) in [5.74, 6) is 0.921. The van der Waals surface area contributed by atoms with E-state index in [0.29, 0.717) is 6.61 Å². The molecule has 0 saturated heterocycles. The van der Waals surface area contributed by atoms with Gasteiger partial charge in [0.2, 0.25) is 0 Å². The van der Waals surface area contributed by atoms with E-state index in [2.05, 4.69) is 48.4 Å². The minimum Gasteiger partial charge on any atom is -0.494 e. The summed E-state index contributed by atoms with van der Waals surface area (Å²) in [6.07, 6.45) is 4.88. The molecule has 2 rings (SSSR count). The first kappa shape index (κ1) is 15.5. The molecule has 1 unspecified atom stereocenters. The van der Waals surface area contributed by atoms with Gasteiger partial charge in [0.15, 0.2) is 0 Å². The number of aromatic nitrogens is 1. The number of pyridine rings is 1. The van der Waals surface area contributed by atoms with Crippen molar-refractivity contribution in [1.29, 1.82) is 0 Å². The van der Waals surface area contributed by atoms with Crippen molar-refractivity contribution in [3.63, 3.8) is 0 Å². The minimum atomic E-state index is 0.174. The lowest BCUT2D eigenvalue weighted by Crippen LogP contribution is -2.24. The van der Waals surface area contributed by atoms with Gasteiger partial charge in [-0.15, -0.1) is 0 Å². The Balaban J connectivity index is 2.36. The number of benzene rings is 1. The van der Waals surface area contributed by atoms with E-state index >= 15 is 0 Å². The Kier molecular flexibility index (Phi) is 5.76. The zero-order chi connectivity index (χ0) is 15.1. The van der Waals surface area contributed by atoms with Gasteiger partial charge in [-0.2, -0.15) is 0 Å². The largest absolute Gasteiger partial charge is 0.494 e. The van der Waals surface area contributed by atoms with Crippen LogP contribution in [0.25, 0.3) is 0 Å². The van der Waals surface area contributed by atoms with Crippen molar-refractivity contribution in [3.8, 4) is 5.75 Å². The molecule has 1 aromatic heterocycles. The molecule has 1 heterocycles. The van der Waals surface area contributed by atoms with Crippen molar-refractivity contribution < 1.29 is 4.74 Å². The second-order valence-corrected chi connectivity index (χ2v) is 5.12. The number of hydrogen-bond donors (Lipinski definition) is 1. The van der Waals surface area contributed by atoms with E-state index in [-0.39, 0.29) is 6.04 Å². The van der Waals surface area contributed by atoms with Gasteiger partial charge < -0.3 is 10.1 Å². The molecule has 0 amide bonds. The Morgan fingerprint density at radius 1 is 1.24 bits per heavy atom. The first-order chi connectivity index (χ1) is 10.3. The summed E-state index contributed by atoms with van der Waals surface area (Å²) in [6.45, 7) is 7.96. The van der Waals surface area contributed by atoms with Crippen LogP contribution in [0.4, 0.5) is 0 Å². The third kappa shape index (κ3) is 4.05. The molecule has 21 heavy (non-hydrogen) atoms. The molecule has 0 radical (unpaired) electrons. The lowest BCUT2D eigenvalue weighted by atomic mass is 9.96. The van der Waals surface area contributed by atoms with Gasteiger partial charge in [-0.3, -0.25) is 4.98 Å². The van der Waals surface area contributed by atoms with Gasteiger partial charge >= 0.3 is 0 Å². The Labute approximate surface area is 127 Å². The van der Waals surface area contributed by atoms with Gasteiger partial charge in [-0.25, -0.2) is 0 Å². The topological polar surface area (TPSA) is 34.1 Å². The average Bonchev–Trinajstić information content (AvgIpc) is 2.50. The maximum atomic E-state index is 5.63. The summed E-state index contributed by atoms with van der Waals surface area (Å²) >= 11 is 0. The van der Waals surface area contributed by atoms with Crippen molar-refractivity contribution in [2.45, 2.75) is 33.2 Å². The maximum absolute atomic E-state index is 5.63. The predicted molar refractivity (Wildman–Crippen MR) is 86.7 cm³/mol. The van der Waals surface area contributed by atoms with E-state index in [4.69, 9.17) is 4.74 Å². The average molecular weight is 284 g/mol. The molecule has 2 aromatic rings. The fourth-order valence-electron chi connectivity index (χ4n) is 2.45. The second kappa shape index (κ2) is 7.79. The van der Waals surface area contributed by atoms with Crippen LogP contribution in [-0.2, 0) is 0 Å². The van der Waals surface area contributed by atoms with E-state index in [9.17, 15) is 0 Å². The molecular weight excluding hydrogens is 260 g/mol. The number of nitrogens with one attached hydrogen (secondary N) is 1. The Hall–Kier alpha value is -1.87. The van der Waals surface area contributed by atoms with Crippen LogP contribution >= 0.6 is 0 Å². The van der Waals surface area contributed by atoms with Crippen molar-refractivity contribution in [1.82, 2.24) is 10.3 Å². The number of hydrogen-bond acceptors (Lipinski definition) is 3. The van der Waals surface area contributed by atoms with Crippen LogP contribution in [0.15, 0.2) is 42.7 Å². The molecule has 0 bridgehead atoms.